The van der Waals surface area contributed by atoms with Crippen molar-refractivity contribution in [2.45, 2.75) is 13.0 Å². The molecule has 0 aliphatic carbocycles. The van der Waals surface area contributed by atoms with Gasteiger partial charge < -0.3 is 15.0 Å². The van der Waals surface area contributed by atoms with E-state index in [1.54, 1.807) is 17.0 Å². The summed E-state index contributed by atoms with van der Waals surface area (Å²) in [6, 6.07) is 13.4. The minimum Gasteiger partial charge on any atom is -0.378 e. The number of ether oxygens (including phenoxy) is 1. The predicted octanol–water partition coefficient (Wildman–Crippen LogP) is 4.16. The van der Waals surface area contributed by atoms with Crippen molar-refractivity contribution in [2.75, 3.05) is 31.2 Å². The summed E-state index contributed by atoms with van der Waals surface area (Å²) in [6.07, 6.45) is 0. The van der Waals surface area contributed by atoms with Crippen molar-refractivity contribution >= 4 is 44.9 Å². The van der Waals surface area contributed by atoms with Gasteiger partial charge in [-0.25, -0.2) is 4.39 Å². The summed E-state index contributed by atoms with van der Waals surface area (Å²) in [4.78, 5) is 17.3. The molecule has 1 atom stereocenters. The van der Waals surface area contributed by atoms with Crippen LogP contribution < -0.4 is 10.2 Å². The highest BCUT2D eigenvalue weighted by molar-refractivity contribution is 9.10. The number of carbonyl (C=O) groups is 1. The number of morpholine rings is 1. The lowest BCUT2D eigenvalue weighted by atomic mass is 9.93. The molecule has 0 bridgehead atoms. The van der Waals surface area contributed by atoms with Gasteiger partial charge in [0.25, 0.3) is 5.91 Å². The van der Waals surface area contributed by atoms with Crippen LogP contribution in [0.2, 0.25) is 0 Å². The maximum atomic E-state index is 13.6. The van der Waals surface area contributed by atoms with E-state index in [2.05, 4.69) is 21.2 Å². The summed E-state index contributed by atoms with van der Waals surface area (Å²) in [7, 11) is 0. The summed E-state index contributed by atoms with van der Waals surface area (Å²) < 4.78 is 19.8. The first-order valence-corrected chi connectivity index (χ1v) is 10.9. The molecule has 5 nitrogen and oxygen atoms in total. The minimum absolute atomic E-state index is 0.0693. The first-order chi connectivity index (χ1) is 14.5. The molecule has 1 N–H and O–H groups in total. The molecule has 1 unspecified atom stereocenters. The van der Waals surface area contributed by atoms with Crippen LogP contribution in [0.1, 0.15) is 18.5 Å². The van der Waals surface area contributed by atoms with E-state index in [9.17, 15) is 9.18 Å². The molecule has 4 rings (SSSR count). The van der Waals surface area contributed by atoms with E-state index in [1.807, 2.05) is 36.1 Å². The van der Waals surface area contributed by atoms with E-state index in [0.717, 1.165) is 21.4 Å². The predicted molar refractivity (Wildman–Crippen MR) is 122 cm³/mol. The van der Waals surface area contributed by atoms with E-state index in [4.69, 9.17) is 17.0 Å². The number of hydrogen-bond acceptors (Lipinski definition) is 3. The Morgan fingerprint density at radius 3 is 2.57 bits per heavy atom. The number of allylic oxidation sites excluding steroid dienone is 1. The summed E-state index contributed by atoms with van der Waals surface area (Å²) >= 11 is 9.17. The number of amides is 1. The van der Waals surface area contributed by atoms with Gasteiger partial charge in [-0.3, -0.25) is 9.69 Å². The molecule has 2 aliphatic heterocycles. The Hall–Kier alpha value is -2.29. The fourth-order valence-electron chi connectivity index (χ4n) is 3.79. The summed E-state index contributed by atoms with van der Waals surface area (Å²) in [5.74, 6) is -0.394. The van der Waals surface area contributed by atoms with Gasteiger partial charge in [0.05, 0.1) is 24.8 Å². The van der Waals surface area contributed by atoms with Crippen molar-refractivity contribution in [1.29, 1.82) is 0 Å². The molecule has 1 fully saturated rings. The second-order valence-corrected chi connectivity index (χ2v) is 8.46. The Kier molecular flexibility index (Phi) is 6.17. The molecule has 0 radical (unpaired) electrons. The molecule has 156 valence electrons. The fraction of sp³-hybridized carbons (Fsp3) is 0.273. The normalized spacial score (nSPS) is 19.7. The molecule has 2 aliphatic rings. The number of carbonyl (C=O) groups excluding carboxylic acids is 1. The highest BCUT2D eigenvalue weighted by atomic mass is 79.9. The van der Waals surface area contributed by atoms with Crippen molar-refractivity contribution < 1.29 is 13.9 Å². The van der Waals surface area contributed by atoms with Crippen molar-refractivity contribution in [3.8, 4) is 0 Å². The van der Waals surface area contributed by atoms with E-state index in [-0.39, 0.29) is 11.7 Å². The van der Waals surface area contributed by atoms with E-state index in [0.29, 0.717) is 37.0 Å². The van der Waals surface area contributed by atoms with Crippen molar-refractivity contribution in [2.24, 2.45) is 0 Å². The number of hydrogen-bond donors (Lipinski definition) is 1. The monoisotopic (exact) mass is 489 g/mol. The third kappa shape index (κ3) is 4.12. The molecular weight excluding hydrogens is 469 g/mol. The van der Waals surface area contributed by atoms with Crippen molar-refractivity contribution in [3.63, 3.8) is 0 Å². The van der Waals surface area contributed by atoms with Crippen LogP contribution in [-0.2, 0) is 9.53 Å². The molecule has 30 heavy (non-hydrogen) atoms. The van der Waals surface area contributed by atoms with Gasteiger partial charge in [-0.15, -0.1) is 0 Å². The van der Waals surface area contributed by atoms with Crippen LogP contribution in [0, 0.1) is 5.82 Å². The van der Waals surface area contributed by atoms with Gasteiger partial charge in [0.15, 0.2) is 5.11 Å². The highest BCUT2D eigenvalue weighted by Crippen LogP contribution is 2.35. The maximum absolute atomic E-state index is 13.6. The third-order valence-corrected chi connectivity index (χ3v) is 6.08. The average molecular weight is 490 g/mol. The quantitative estimate of drug-likeness (QED) is 0.655. The third-order valence-electron chi connectivity index (χ3n) is 5.28. The Labute approximate surface area is 188 Å². The minimum atomic E-state index is -0.461. The van der Waals surface area contributed by atoms with Gasteiger partial charge in [0.1, 0.15) is 5.82 Å². The number of thiocarbonyl (C=S) groups is 1. The molecule has 1 saturated heterocycles. The van der Waals surface area contributed by atoms with Crippen molar-refractivity contribution in [1.82, 2.24) is 10.2 Å². The Morgan fingerprint density at radius 2 is 1.90 bits per heavy atom. The second kappa shape index (κ2) is 8.83. The van der Waals surface area contributed by atoms with Crippen LogP contribution in [0.5, 0.6) is 0 Å². The maximum Gasteiger partial charge on any atom is 0.254 e. The fourth-order valence-corrected chi connectivity index (χ4v) is 4.54. The van der Waals surface area contributed by atoms with E-state index < -0.39 is 6.04 Å². The van der Waals surface area contributed by atoms with Crippen LogP contribution in [0.4, 0.5) is 10.1 Å². The summed E-state index contributed by atoms with van der Waals surface area (Å²) in [5, 5.41) is 3.79. The number of benzene rings is 2. The van der Waals surface area contributed by atoms with Gasteiger partial charge in [0.2, 0.25) is 0 Å². The molecular formula is C22H21BrFN3O2S. The smallest absolute Gasteiger partial charge is 0.254 e. The number of anilines is 1. The van der Waals surface area contributed by atoms with Gasteiger partial charge in [-0.2, -0.15) is 0 Å². The molecule has 2 aromatic carbocycles. The summed E-state index contributed by atoms with van der Waals surface area (Å²) in [6.45, 7) is 4.00. The topological polar surface area (TPSA) is 44.8 Å². The van der Waals surface area contributed by atoms with Crippen LogP contribution in [0.3, 0.4) is 0 Å². The molecule has 8 heteroatoms. The van der Waals surface area contributed by atoms with Crippen LogP contribution in [-0.4, -0.2) is 42.2 Å². The van der Waals surface area contributed by atoms with Gasteiger partial charge >= 0.3 is 0 Å². The van der Waals surface area contributed by atoms with E-state index >= 15 is 0 Å². The zero-order chi connectivity index (χ0) is 21.3. The summed E-state index contributed by atoms with van der Waals surface area (Å²) in [5.41, 5.74) is 2.98. The second-order valence-electron chi connectivity index (χ2n) is 7.15. The van der Waals surface area contributed by atoms with Crippen LogP contribution in [0.15, 0.2) is 64.3 Å². The Bertz CT molecular complexity index is 1010. The van der Waals surface area contributed by atoms with Gasteiger partial charge in [-0.1, -0.05) is 34.1 Å². The number of rotatable bonds is 3. The molecule has 0 saturated carbocycles. The average Bonchev–Trinajstić information content (AvgIpc) is 2.74. The lowest BCUT2D eigenvalue weighted by Gasteiger charge is -2.40. The number of nitrogens with one attached hydrogen (secondary N) is 1. The molecule has 0 spiro atoms. The van der Waals surface area contributed by atoms with Gasteiger partial charge in [-0.05, 0) is 55.0 Å². The molecule has 2 heterocycles. The van der Waals surface area contributed by atoms with Crippen molar-refractivity contribution in [3.05, 3.63) is 75.7 Å². The highest BCUT2D eigenvalue weighted by Gasteiger charge is 2.36. The standard InChI is InChI=1S/C22H21BrFN3O2S/c1-14-19(21(28)26-9-11-29-12-10-26)20(15-5-7-17(24)8-6-15)25-22(30)27(14)18-4-2-3-16(23)13-18/h2-8,13,20H,9-12H2,1H3,(H,25,30). The zero-order valence-corrected chi connectivity index (χ0v) is 18.8. The Morgan fingerprint density at radius 1 is 1.20 bits per heavy atom. The lowest BCUT2D eigenvalue weighted by Crippen LogP contribution is -2.51. The first-order valence-electron chi connectivity index (χ1n) is 9.65. The SMILES string of the molecule is CC1=C(C(=O)N2CCOCC2)C(c2ccc(F)cc2)NC(=S)N1c1cccc(Br)c1. The van der Waals surface area contributed by atoms with E-state index in [1.165, 1.54) is 12.1 Å². The van der Waals surface area contributed by atoms with Gasteiger partial charge in [0, 0.05) is 28.9 Å². The number of nitrogens with zero attached hydrogens (tertiary/aromatic N) is 2. The zero-order valence-electron chi connectivity index (χ0n) is 16.4. The lowest BCUT2D eigenvalue weighted by molar-refractivity contribution is -0.131. The van der Waals surface area contributed by atoms with Crippen LogP contribution in [0.25, 0.3) is 0 Å². The first kappa shape index (κ1) is 21.0. The number of halogens is 2. The molecule has 0 aromatic heterocycles. The van der Waals surface area contributed by atoms with Crippen LogP contribution >= 0.6 is 28.1 Å². The molecule has 2 aromatic rings. The largest absolute Gasteiger partial charge is 0.378 e. The molecule has 1 amide bonds. The Balaban J connectivity index is 1.82.